The third-order valence-corrected chi connectivity index (χ3v) is 19.1. The number of rotatable bonds is 22. The fourth-order valence-corrected chi connectivity index (χ4v) is 15.7. The highest BCUT2D eigenvalue weighted by atomic mass is 32.2. The van der Waals surface area contributed by atoms with E-state index in [-0.39, 0.29) is 81.5 Å². The molecule has 0 radical (unpaired) electrons. The normalized spacial score (nSPS) is 14.0. The van der Waals surface area contributed by atoms with Crippen LogP contribution in [0.4, 0.5) is 10.5 Å². The lowest BCUT2D eigenvalue weighted by molar-refractivity contribution is 0.194. The third-order valence-electron chi connectivity index (χ3n) is 11.3. The molecular weight excluding hydrogens is 941 g/mol. The Kier molecular flexibility index (Phi) is 16.4. The van der Waals surface area contributed by atoms with Gasteiger partial charge in [0.25, 0.3) is 0 Å². The van der Waals surface area contributed by atoms with Crippen molar-refractivity contribution in [1.82, 2.24) is 34.6 Å². The van der Waals surface area contributed by atoms with E-state index < -0.39 is 59.1 Å². The smallest absolute Gasteiger partial charge is 0.404 e. The zero-order valence-electron chi connectivity index (χ0n) is 38.4. The third kappa shape index (κ3) is 13.1. The van der Waals surface area contributed by atoms with E-state index in [4.69, 9.17) is 24.4 Å². The molecule has 0 aliphatic carbocycles. The van der Waals surface area contributed by atoms with Crippen LogP contribution in [0.15, 0.2) is 94.7 Å². The number of carboxylic acid groups (broad SMARTS) is 1. The molecule has 1 fully saturated rings. The molecule has 19 nitrogen and oxygen atoms in total. The van der Waals surface area contributed by atoms with E-state index in [1.54, 1.807) is 73.8 Å². The lowest BCUT2D eigenvalue weighted by atomic mass is 10.1. The molecule has 23 heteroatoms. The average molecular weight is 999 g/mol. The van der Waals surface area contributed by atoms with Crippen molar-refractivity contribution in [3.63, 3.8) is 0 Å². The number of nitrogens with zero attached hydrogens (tertiary/aromatic N) is 6. The number of hydrogen-bond acceptors (Lipinski definition) is 14. The monoisotopic (exact) mass is 998 g/mol. The number of benzene rings is 4. The zero-order valence-corrected chi connectivity index (χ0v) is 41.8. The van der Waals surface area contributed by atoms with Crippen LogP contribution >= 0.6 is 0 Å². The molecule has 5 aromatic rings. The first-order valence-electron chi connectivity index (χ1n) is 21.5. The fraction of sp³-hybridized carbons (Fsp3) is 0.409. The van der Waals surface area contributed by atoms with Crippen LogP contribution < -0.4 is 29.1 Å². The Morgan fingerprint density at radius 3 is 1.78 bits per heavy atom. The van der Waals surface area contributed by atoms with Crippen LogP contribution in [-0.4, -0.2) is 128 Å². The number of piperidine rings is 1. The first kappa shape index (κ1) is 50.8. The second-order valence-corrected chi connectivity index (χ2v) is 28.9. The summed E-state index contributed by atoms with van der Waals surface area (Å²) in [6.07, 6.45) is -1.06. The maximum Gasteiger partial charge on any atom is 0.404 e. The van der Waals surface area contributed by atoms with E-state index in [0.717, 1.165) is 5.56 Å². The van der Waals surface area contributed by atoms with Crippen LogP contribution in [0.2, 0.25) is 25.7 Å². The highest BCUT2D eigenvalue weighted by molar-refractivity contribution is 7.93. The SMILES string of the molecule is COc1ccc(CN(Cc2ccc(OC)cc2)S(=O)(=O)c2c(S(=O)(=O)CC[Si](C)(C)C)ccc(N3CCC(S(=O)(=O)NCCNC(=O)O)CC3)c2-c2nnn(Cc3ccc(OC)cc3)n2)cc1. The van der Waals surface area contributed by atoms with Crippen molar-refractivity contribution in [1.29, 1.82) is 0 Å². The maximum absolute atomic E-state index is 16.0. The van der Waals surface area contributed by atoms with Gasteiger partial charge in [-0.1, -0.05) is 56.0 Å². The Labute approximate surface area is 393 Å². The second-order valence-electron chi connectivity index (χ2n) is 17.2. The van der Waals surface area contributed by atoms with E-state index in [1.807, 2.05) is 36.7 Å². The van der Waals surface area contributed by atoms with Crippen molar-refractivity contribution < 1.29 is 49.4 Å². The molecule has 362 valence electrons. The van der Waals surface area contributed by atoms with Gasteiger partial charge in [0, 0.05) is 53.0 Å². The second kappa shape index (κ2) is 21.6. The summed E-state index contributed by atoms with van der Waals surface area (Å²) in [6.45, 7) is 5.87. The van der Waals surface area contributed by atoms with Crippen molar-refractivity contribution in [2.75, 3.05) is 58.2 Å². The lowest BCUT2D eigenvalue weighted by Gasteiger charge is -2.35. The van der Waals surface area contributed by atoms with Gasteiger partial charge >= 0.3 is 6.09 Å². The average Bonchev–Trinajstić information content (AvgIpc) is 3.77. The summed E-state index contributed by atoms with van der Waals surface area (Å²) in [5.74, 6) is 1.30. The summed E-state index contributed by atoms with van der Waals surface area (Å²) in [5.41, 5.74) is 2.15. The van der Waals surface area contributed by atoms with E-state index in [2.05, 4.69) is 20.4 Å². The molecule has 67 heavy (non-hydrogen) atoms. The standard InChI is InChI=1S/C44H58N8O11S3Si/c1-61-35-13-7-32(8-14-35)29-51(30-33-9-15-36(62-2)16-10-33)66(59,60)42-40(64(55,56)27-28-67(4,5)6)20-19-39(50-25-21-38(22-26-50)65(57,58)46-24-23-45-44(53)54)41(42)43-47-49-52(48-43)31-34-11-17-37(63-3)18-12-34/h7-20,38,45-46H,21-31H2,1-6H3,(H,53,54). The number of amides is 1. The molecule has 4 aromatic carbocycles. The summed E-state index contributed by atoms with van der Waals surface area (Å²) >= 11 is 0. The fourth-order valence-electron chi connectivity index (χ4n) is 7.50. The van der Waals surface area contributed by atoms with Crippen molar-refractivity contribution in [3.8, 4) is 28.6 Å². The minimum Gasteiger partial charge on any atom is -0.497 e. The number of sulfonamides is 2. The number of carbonyl (C=O) groups is 1. The summed E-state index contributed by atoms with van der Waals surface area (Å²) in [7, 11) is -10.5. The molecule has 1 saturated heterocycles. The quantitative estimate of drug-likeness (QED) is 0.0606. The number of ether oxygens (including phenoxy) is 3. The summed E-state index contributed by atoms with van der Waals surface area (Å²) in [4.78, 5) is 13.1. The van der Waals surface area contributed by atoms with Crippen LogP contribution in [0.3, 0.4) is 0 Å². The highest BCUT2D eigenvalue weighted by Crippen LogP contribution is 2.43. The number of tetrazole rings is 1. The Hall–Kier alpha value is -5.59. The Morgan fingerprint density at radius 2 is 1.28 bits per heavy atom. The molecule has 2 heterocycles. The lowest BCUT2D eigenvalue weighted by Crippen LogP contribution is -2.45. The van der Waals surface area contributed by atoms with Crippen molar-refractivity contribution in [2.24, 2.45) is 0 Å². The molecule has 3 N–H and O–H groups in total. The van der Waals surface area contributed by atoms with Crippen LogP contribution in [0, 0.1) is 0 Å². The molecule has 1 aliphatic heterocycles. The molecule has 0 atom stereocenters. The van der Waals surface area contributed by atoms with Crippen molar-refractivity contribution in [2.45, 2.75) is 73.2 Å². The van der Waals surface area contributed by atoms with Crippen LogP contribution in [0.5, 0.6) is 17.2 Å². The van der Waals surface area contributed by atoms with E-state index in [0.29, 0.717) is 34.4 Å². The van der Waals surface area contributed by atoms with E-state index >= 15 is 8.42 Å². The van der Waals surface area contributed by atoms with Gasteiger partial charge in [0.15, 0.2) is 9.84 Å². The van der Waals surface area contributed by atoms with Gasteiger partial charge in [0.2, 0.25) is 25.9 Å². The van der Waals surface area contributed by atoms with Gasteiger partial charge in [-0.2, -0.15) is 9.10 Å². The molecule has 0 bridgehead atoms. The minimum atomic E-state index is -4.85. The Balaban J connectivity index is 1.54. The van der Waals surface area contributed by atoms with Gasteiger partial charge in [-0.15, -0.1) is 10.2 Å². The predicted octanol–water partition coefficient (Wildman–Crippen LogP) is 5.07. The summed E-state index contributed by atoms with van der Waals surface area (Å²) in [6, 6.07) is 24.2. The van der Waals surface area contributed by atoms with Crippen LogP contribution in [0.25, 0.3) is 11.4 Å². The molecule has 0 spiro atoms. The first-order valence-corrected chi connectivity index (χ1v) is 29.8. The number of methoxy groups -OCH3 is 3. The van der Waals surface area contributed by atoms with Gasteiger partial charge in [0.1, 0.15) is 22.1 Å². The molecule has 0 unspecified atom stereocenters. The predicted molar refractivity (Wildman–Crippen MR) is 256 cm³/mol. The van der Waals surface area contributed by atoms with E-state index in [1.165, 1.54) is 29.4 Å². The molecule has 6 rings (SSSR count). The number of nitrogens with one attached hydrogen (secondary N) is 2. The highest BCUT2D eigenvalue weighted by Gasteiger charge is 2.40. The van der Waals surface area contributed by atoms with Crippen LogP contribution in [-0.2, 0) is 49.5 Å². The minimum absolute atomic E-state index is 0.0938. The van der Waals surface area contributed by atoms with Gasteiger partial charge in [0.05, 0.1) is 49.3 Å². The molecule has 0 saturated carbocycles. The van der Waals surface area contributed by atoms with Gasteiger partial charge in [-0.3, -0.25) is 0 Å². The number of sulfone groups is 1. The number of hydrogen-bond donors (Lipinski definition) is 3. The van der Waals surface area contributed by atoms with Gasteiger partial charge in [-0.05, 0) is 89.3 Å². The molecule has 1 aliphatic rings. The van der Waals surface area contributed by atoms with Gasteiger partial charge < -0.3 is 29.5 Å². The number of aromatic nitrogens is 4. The molecular formula is C44H58N8O11S3Si. The number of anilines is 1. The topological polar surface area (TPSA) is 242 Å². The zero-order chi connectivity index (χ0) is 48.6. The molecule has 1 aromatic heterocycles. The Morgan fingerprint density at radius 1 is 0.761 bits per heavy atom. The first-order chi connectivity index (χ1) is 31.7. The Bertz CT molecular complexity index is 2770. The van der Waals surface area contributed by atoms with Crippen LogP contribution in [0.1, 0.15) is 29.5 Å². The molecule has 1 amide bonds. The summed E-state index contributed by atoms with van der Waals surface area (Å²) < 4.78 is 108. The van der Waals surface area contributed by atoms with E-state index in [9.17, 15) is 21.6 Å². The maximum atomic E-state index is 16.0. The largest absolute Gasteiger partial charge is 0.497 e. The van der Waals surface area contributed by atoms with Gasteiger partial charge in [-0.25, -0.2) is 34.8 Å². The van der Waals surface area contributed by atoms with Crippen molar-refractivity contribution in [3.05, 3.63) is 102 Å². The van der Waals surface area contributed by atoms with Crippen molar-refractivity contribution >= 4 is 49.7 Å². The summed E-state index contributed by atoms with van der Waals surface area (Å²) in [5, 5.41) is 23.6.